The fourth-order valence-electron chi connectivity index (χ4n) is 1.83. The zero-order valence-corrected chi connectivity index (χ0v) is 10.3. The Morgan fingerprint density at radius 1 is 0.864 bits per heavy atom. The molecule has 0 amide bonds. The molecule has 0 spiro atoms. The van der Waals surface area contributed by atoms with E-state index in [1.807, 2.05) is 0 Å². The molecule has 0 unspecified atom stereocenters. The molecule has 0 fully saturated rings. The van der Waals surface area contributed by atoms with Gasteiger partial charge in [-0.2, -0.15) is 0 Å². The Hall–Kier alpha value is -2.78. The van der Waals surface area contributed by atoms with Gasteiger partial charge in [-0.15, -0.1) is 0 Å². The SMILES string of the molecule is O=C(O)CNC1=C(F)C(=O)c2c(F)c(F)c(F)c(F)c2C1=O. The number of carbonyl (C=O) groups excluding carboxylic acids is 2. The number of aliphatic carboxylic acids is 1. The van der Waals surface area contributed by atoms with Crippen molar-refractivity contribution in [3.8, 4) is 0 Å². The van der Waals surface area contributed by atoms with E-state index in [1.54, 1.807) is 5.32 Å². The van der Waals surface area contributed by atoms with E-state index >= 15 is 0 Å². The summed E-state index contributed by atoms with van der Waals surface area (Å²) < 4.78 is 67.0. The number of fused-ring (bicyclic) bond motifs is 1. The van der Waals surface area contributed by atoms with Crippen LogP contribution >= 0.6 is 0 Å². The highest BCUT2D eigenvalue weighted by atomic mass is 19.2. The second-order valence-electron chi connectivity index (χ2n) is 4.10. The van der Waals surface area contributed by atoms with Crippen LogP contribution in [0.25, 0.3) is 0 Å². The van der Waals surface area contributed by atoms with Gasteiger partial charge < -0.3 is 10.4 Å². The van der Waals surface area contributed by atoms with Crippen LogP contribution in [0.15, 0.2) is 11.5 Å². The summed E-state index contributed by atoms with van der Waals surface area (Å²) in [6.07, 6.45) is 0. The van der Waals surface area contributed by atoms with Crippen molar-refractivity contribution in [3.05, 3.63) is 45.9 Å². The summed E-state index contributed by atoms with van der Waals surface area (Å²) in [5.41, 5.74) is -4.36. The summed E-state index contributed by atoms with van der Waals surface area (Å²) in [4.78, 5) is 33.8. The molecule has 1 aliphatic carbocycles. The number of benzene rings is 1. The van der Waals surface area contributed by atoms with Gasteiger partial charge in [0.25, 0.3) is 0 Å². The van der Waals surface area contributed by atoms with Crippen molar-refractivity contribution in [2.75, 3.05) is 6.54 Å². The van der Waals surface area contributed by atoms with Crippen LogP contribution in [0.3, 0.4) is 0 Å². The Kier molecular flexibility index (Phi) is 3.69. The van der Waals surface area contributed by atoms with Crippen molar-refractivity contribution in [2.45, 2.75) is 0 Å². The van der Waals surface area contributed by atoms with Crippen molar-refractivity contribution >= 4 is 17.5 Å². The topological polar surface area (TPSA) is 83.5 Å². The summed E-state index contributed by atoms with van der Waals surface area (Å²) in [7, 11) is 0. The first-order valence-corrected chi connectivity index (χ1v) is 5.49. The lowest BCUT2D eigenvalue weighted by Crippen LogP contribution is -2.34. The number of carbonyl (C=O) groups is 3. The molecule has 0 atom stereocenters. The number of Topliss-reactive ketones (excluding diaryl/α,β-unsaturated/α-hetero) is 2. The minimum absolute atomic E-state index is 1.02. The molecule has 0 heterocycles. The zero-order valence-electron chi connectivity index (χ0n) is 10.3. The Labute approximate surface area is 118 Å². The number of nitrogens with one attached hydrogen (secondary N) is 1. The average Bonchev–Trinajstić information content (AvgIpc) is 2.46. The number of carboxylic acids is 1. The Balaban J connectivity index is 2.69. The molecule has 0 aliphatic heterocycles. The molecule has 22 heavy (non-hydrogen) atoms. The predicted molar refractivity (Wildman–Crippen MR) is 58.7 cm³/mol. The first-order chi connectivity index (χ1) is 10.2. The van der Waals surface area contributed by atoms with Gasteiger partial charge in [0, 0.05) is 0 Å². The maximum Gasteiger partial charge on any atom is 0.322 e. The van der Waals surface area contributed by atoms with Gasteiger partial charge in [0.05, 0.1) is 11.1 Å². The summed E-state index contributed by atoms with van der Waals surface area (Å²) in [6.45, 7) is -1.02. The van der Waals surface area contributed by atoms with E-state index in [0.717, 1.165) is 0 Å². The van der Waals surface area contributed by atoms with Gasteiger partial charge >= 0.3 is 5.97 Å². The van der Waals surface area contributed by atoms with Crippen LogP contribution in [0.4, 0.5) is 22.0 Å². The molecule has 1 aliphatic rings. The summed E-state index contributed by atoms with van der Waals surface area (Å²) >= 11 is 0. The minimum atomic E-state index is -2.37. The number of rotatable bonds is 3. The standard InChI is InChI=1S/C12H4F5NO4/c13-5-3-4(6(14)8(16)7(5)15)12(22)10(9(17)11(3)21)18-1-2(19)20/h18H,1H2,(H,19,20). The fourth-order valence-corrected chi connectivity index (χ4v) is 1.83. The van der Waals surface area contributed by atoms with E-state index in [-0.39, 0.29) is 0 Å². The Morgan fingerprint density at radius 3 is 1.77 bits per heavy atom. The highest BCUT2D eigenvalue weighted by molar-refractivity contribution is 6.26. The van der Waals surface area contributed by atoms with E-state index in [9.17, 15) is 36.3 Å². The van der Waals surface area contributed by atoms with Crippen LogP contribution in [0, 0.1) is 23.3 Å². The Bertz CT molecular complexity index is 772. The largest absolute Gasteiger partial charge is 0.480 e. The molecular formula is C12H4F5NO4. The Morgan fingerprint density at radius 2 is 1.32 bits per heavy atom. The zero-order chi connectivity index (χ0) is 16.8. The quantitative estimate of drug-likeness (QED) is 0.500. The van der Waals surface area contributed by atoms with Gasteiger partial charge in [0.1, 0.15) is 12.2 Å². The second-order valence-corrected chi connectivity index (χ2v) is 4.10. The number of carboxylic acid groups (broad SMARTS) is 1. The number of hydrogen-bond acceptors (Lipinski definition) is 4. The molecule has 1 aromatic carbocycles. The molecule has 2 rings (SSSR count). The molecule has 1 aromatic rings. The van der Waals surface area contributed by atoms with E-state index in [4.69, 9.17) is 5.11 Å². The highest BCUT2D eigenvalue weighted by Crippen LogP contribution is 2.32. The smallest absolute Gasteiger partial charge is 0.322 e. The maximum absolute atomic E-state index is 13.7. The lowest BCUT2D eigenvalue weighted by Gasteiger charge is -2.19. The number of halogens is 5. The molecule has 0 aromatic heterocycles. The van der Waals surface area contributed by atoms with Crippen LogP contribution < -0.4 is 5.32 Å². The molecule has 0 saturated carbocycles. The van der Waals surface area contributed by atoms with E-state index in [0.29, 0.717) is 0 Å². The van der Waals surface area contributed by atoms with E-state index in [1.165, 1.54) is 0 Å². The van der Waals surface area contributed by atoms with Gasteiger partial charge in [0.2, 0.25) is 11.6 Å². The third-order valence-electron chi connectivity index (χ3n) is 2.78. The summed E-state index contributed by atoms with van der Waals surface area (Å²) in [5.74, 6) is -16.2. The van der Waals surface area contributed by atoms with Crippen LogP contribution in [0.5, 0.6) is 0 Å². The van der Waals surface area contributed by atoms with Crippen LogP contribution in [-0.2, 0) is 4.79 Å². The van der Waals surface area contributed by atoms with Crippen LogP contribution in [0.1, 0.15) is 20.7 Å². The van der Waals surface area contributed by atoms with Crippen LogP contribution in [0.2, 0.25) is 0 Å². The molecule has 116 valence electrons. The fraction of sp³-hybridized carbons (Fsp3) is 0.0833. The van der Waals surface area contributed by atoms with Crippen molar-refractivity contribution < 1.29 is 41.4 Å². The average molecular weight is 321 g/mol. The molecule has 0 bridgehead atoms. The van der Waals surface area contributed by atoms with Gasteiger partial charge in [-0.3, -0.25) is 14.4 Å². The maximum atomic E-state index is 13.7. The predicted octanol–water partition coefficient (Wildman–Crippen LogP) is 1.48. The van der Waals surface area contributed by atoms with Gasteiger partial charge in [-0.1, -0.05) is 0 Å². The third-order valence-corrected chi connectivity index (χ3v) is 2.78. The normalized spacial score (nSPS) is 14.2. The molecule has 10 heteroatoms. The van der Waals surface area contributed by atoms with E-state index < -0.39 is 70.0 Å². The molecule has 0 radical (unpaired) electrons. The van der Waals surface area contributed by atoms with Crippen molar-refractivity contribution in [1.29, 1.82) is 0 Å². The lowest BCUT2D eigenvalue weighted by molar-refractivity contribution is -0.135. The van der Waals surface area contributed by atoms with Gasteiger partial charge in [-0.05, 0) is 0 Å². The minimum Gasteiger partial charge on any atom is -0.480 e. The first-order valence-electron chi connectivity index (χ1n) is 5.49. The monoisotopic (exact) mass is 321 g/mol. The lowest BCUT2D eigenvalue weighted by atomic mass is 9.90. The van der Waals surface area contributed by atoms with Gasteiger partial charge in [0.15, 0.2) is 29.1 Å². The molecule has 5 nitrogen and oxygen atoms in total. The van der Waals surface area contributed by atoms with E-state index in [2.05, 4.69) is 0 Å². The second kappa shape index (κ2) is 5.20. The first kappa shape index (κ1) is 15.6. The molecular weight excluding hydrogens is 317 g/mol. The summed E-state index contributed by atoms with van der Waals surface area (Å²) in [5, 5.41) is 10.1. The van der Waals surface area contributed by atoms with Crippen molar-refractivity contribution in [2.24, 2.45) is 0 Å². The number of ketones is 2. The highest BCUT2D eigenvalue weighted by Gasteiger charge is 2.41. The summed E-state index contributed by atoms with van der Waals surface area (Å²) in [6, 6.07) is 0. The van der Waals surface area contributed by atoms with Gasteiger partial charge in [-0.25, -0.2) is 22.0 Å². The van der Waals surface area contributed by atoms with Crippen molar-refractivity contribution in [3.63, 3.8) is 0 Å². The molecule has 2 N–H and O–H groups in total. The van der Waals surface area contributed by atoms with Crippen LogP contribution in [-0.4, -0.2) is 29.2 Å². The van der Waals surface area contributed by atoms with Crippen molar-refractivity contribution in [1.82, 2.24) is 5.32 Å². The number of allylic oxidation sites excluding steroid dienone is 2. The third kappa shape index (κ3) is 2.12. The number of hydrogen-bond donors (Lipinski definition) is 2. The molecule has 0 saturated heterocycles.